The van der Waals surface area contributed by atoms with Crippen LogP contribution in [0, 0.1) is 17.8 Å². The largest absolute Gasteiger partial charge is 0.460 e. The molecule has 24 atom stereocenters. The molecule has 4 heterocycles. The lowest BCUT2D eigenvalue weighted by molar-refractivity contribution is -0.386. The van der Waals surface area contributed by atoms with Crippen LogP contribution in [-0.4, -0.2) is 243 Å². The first-order valence-electron chi connectivity index (χ1n) is 22.8. The summed E-state index contributed by atoms with van der Waals surface area (Å²) in [6.07, 6.45) is -24.1. The van der Waals surface area contributed by atoms with Crippen molar-refractivity contribution in [2.75, 3.05) is 19.8 Å². The minimum atomic E-state index is -1.95. The van der Waals surface area contributed by atoms with Gasteiger partial charge in [0.15, 0.2) is 31.1 Å². The average Bonchev–Trinajstić information content (AvgIpc) is 3.28. The van der Waals surface area contributed by atoms with Crippen molar-refractivity contribution in [3.8, 4) is 0 Å². The van der Waals surface area contributed by atoms with Crippen molar-refractivity contribution in [3.63, 3.8) is 0 Å². The second-order valence-corrected chi connectivity index (χ2v) is 18.9. The Morgan fingerprint density at radius 1 is 0.554 bits per heavy atom. The Bertz CT molecular complexity index is 1530. The van der Waals surface area contributed by atoms with Crippen LogP contribution in [0.5, 0.6) is 0 Å². The molecule has 9 unspecified atom stereocenters. The summed E-state index contributed by atoms with van der Waals surface area (Å²) in [6, 6.07) is 0. The van der Waals surface area contributed by atoms with Gasteiger partial charge >= 0.3 is 5.97 Å². The van der Waals surface area contributed by atoms with E-state index in [-0.39, 0.29) is 43.6 Å². The molecule has 7 rings (SSSR count). The lowest BCUT2D eigenvalue weighted by Gasteiger charge is -2.49. The van der Waals surface area contributed by atoms with Gasteiger partial charge in [-0.05, 0) is 57.3 Å². The van der Waals surface area contributed by atoms with Crippen molar-refractivity contribution in [2.45, 2.75) is 205 Å². The Morgan fingerprint density at radius 3 is 1.80 bits per heavy atom. The Kier molecular flexibility index (Phi) is 17.7. The summed E-state index contributed by atoms with van der Waals surface area (Å²) >= 11 is 0. The minimum absolute atomic E-state index is 0.0577. The minimum Gasteiger partial charge on any atom is -0.460 e. The van der Waals surface area contributed by atoms with E-state index in [0.717, 1.165) is 6.08 Å². The summed E-state index contributed by atoms with van der Waals surface area (Å²) in [4.78, 5) is 12.9. The highest BCUT2D eigenvalue weighted by Gasteiger charge is 2.56. The quantitative estimate of drug-likeness (QED) is 0.0464. The first-order chi connectivity index (χ1) is 31.0. The van der Waals surface area contributed by atoms with Gasteiger partial charge in [-0.15, -0.1) is 0 Å². The van der Waals surface area contributed by atoms with Gasteiger partial charge in [0.2, 0.25) is 0 Å². The molecule has 0 bridgehead atoms. The van der Waals surface area contributed by atoms with Crippen LogP contribution in [0.2, 0.25) is 0 Å². The van der Waals surface area contributed by atoms with E-state index in [1.807, 2.05) is 0 Å². The second kappa shape index (κ2) is 22.4. The second-order valence-electron chi connectivity index (χ2n) is 18.9. The molecular formula is C42H69O23+. The van der Waals surface area contributed by atoms with E-state index in [0.29, 0.717) is 38.5 Å². The normalized spacial score (nSPS) is 51.0. The topological polar surface area (TPSA) is 378 Å². The maximum absolute atomic E-state index is 12.9. The van der Waals surface area contributed by atoms with E-state index in [9.17, 15) is 76.3 Å². The fraction of sp³-hybridized carbons (Fsp3) is 0.929. The van der Waals surface area contributed by atoms with Gasteiger partial charge in [0, 0.05) is 24.8 Å². The summed E-state index contributed by atoms with van der Waals surface area (Å²) in [5, 5.41) is 147. The molecule has 0 aromatic heterocycles. The van der Waals surface area contributed by atoms with E-state index in [4.69, 9.17) is 37.9 Å². The van der Waals surface area contributed by atoms with E-state index in [1.165, 1.54) is 6.08 Å². The lowest BCUT2D eigenvalue weighted by Crippen LogP contribution is -2.66. The standard InChI is InChI=1S/C42H68O23/c43-13-26-30(50)33(53)36(56)40(62-26)60-24-9-16(1-7-21(24)47)2-8-29(49)58-15-28-32(52)34(54)37(57)41(64-28)65-39-35(55)31(51)27(14-44)63-42(39)61-25-12-20-22(48)10-19(46)11-23(20)59-38(25)17-3-5-18(45)6-4-17/h2,8,16-28,30-48,50-57H,1,3-7,9-15H2/p+1/t16?,17?,18?,19?,20?,21?,22?,23?,24?,25?,26-,27-,28-,30-,31-,32-,33+,34+,35+,36-,37-,38?,39-,40-,41+,42-/m1/s1. The van der Waals surface area contributed by atoms with Crippen molar-refractivity contribution in [1.29, 1.82) is 0 Å². The Hall–Kier alpha value is -1.63. The molecule has 23 heteroatoms. The summed E-state index contributed by atoms with van der Waals surface area (Å²) in [7, 11) is 0. The van der Waals surface area contributed by atoms with Crippen LogP contribution in [0.15, 0.2) is 12.2 Å². The first kappa shape index (κ1) is 51.2. The molecule has 3 saturated carbocycles. The number of esters is 1. The number of aliphatic hydroxyl groups is 16. The molecule has 15 N–H and O–H groups in total. The molecule has 0 aromatic rings. The maximum atomic E-state index is 12.9. The van der Waals surface area contributed by atoms with Gasteiger partial charge in [0.05, 0.1) is 49.7 Å². The van der Waals surface area contributed by atoms with Gasteiger partial charge in [-0.25, -0.2) is 4.79 Å². The molecule has 0 aromatic carbocycles. The van der Waals surface area contributed by atoms with Crippen LogP contribution < -0.4 is 0 Å². The SMILES string of the molecule is O=C(C=CC1CCC(O)C(O[C@@H]2O[C@H](CO)[C@@H](O)[C@H](O)[C@H]2O)C1)OC[C@H]1O[C@@H](O[C@H]2[C@H](OC3CC4C(O)CC(O)CC4[OH+]C3C3CCC(O)CC3)O[C@H](CO)[C@@H](O)[C@@H]2O)[C@H](O)[C@@H](O)[C@@H]1O. The number of carbonyl (C=O) groups is 1. The highest BCUT2D eigenvalue weighted by molar-refractivity contribution is 5.81. The molecule has 374 valence electrons. The molecule has 7 aliphatic rings. The van der Waals surface area contributed by atoms with Gasteiger partial charge in [-0.2, -0.15) is 0 Å². The number of rotatable bonds is 13. The highest BCUT2D eigenvalue weighted by Crippen LogP contribution is 2.43. The zero-order chi connectivity index (χ0) is 46.9. The van der Waals surface area contributed by atoms with Crippen LogP contribution in [0.1, 0.15) is 64.2 Å². The zero-order valence-corrected chi connectivity index (χ0v) is 35.8. The molecule has 65 heavy (non-hydrogen) atoms. The van der Waals surface area contributed by atoms with Gasteiger partial charge in [0.1, 0.15) is 86.0 Å². The third kappa shape index (κ3) is 11.7. The molecule has 4 saturated heterocycles. The molecule has 23 nitrogen and oxygen atoms in total. The Morgan fingerprint density at radius 2 is 1.14 bits per heavy atom. The van der Waals surface area contributed by atoms with Gasteiger partial charge < -0.3 is 109 Å². The number of allylic oxidation sites excluding steroid dienone is 1. The number of ether oxygens (including phenoxy) is 8. The van der Waals surface area contributed by atoms with Crippen molar-refractivity contribution in [1.82, 2.24) is 0 Å². The van der Waals surface area contributed by atoms with E-state index in [1.54, 1.807) is 0 Å². The molecule has 7 fully saturated rings. The Balaban J connectivity index is 0.986. The van der Waals surface area contributed by atoms with Crippen LogP contribution in [0.3, 0.4) is 0 Å². The fourth-order valence-corrected chi connectivity index (χ4v) is 10.5. The van der Waals surface area contributed by atoms with E-state index in [2.05, 4.69) is 0 Å². The number of aliphatic hydroxyl groups excluding tert-OH is 14. The van der Waals surface area contributed by atoms with E-state index < -0.39 is 167 Å². The van der Waals surface area contributed by atoms with Crippen LogP contribution >= 0.6 is 0 Å². The third-order valence-corrected chi connectivity index (χ3v) is 14.4. The summed E-state index contributed by atoms with van der Waals surface area (Å²) in [5.41, 5.74) is 0. The highest BCUT2D eigenvalue weighted by atomic mass is 16.8. The van der Waals surface area contributed by atoms with Crippen molar-refractivity contribution < 1.29 is 114 Å². The van der Waals surface area contributed by atoms with Crippen LogP contribution in [0.4, 0.5) is 0 Å². The molecule has 0 spiro atoms. The van der Waals surface area contributed by atoms with Crippen LogP contribution in [-0.2, 0) is 38.0 Å². The van der Waals surface area contributed by atoms with Crippen LogP contribution in [0.25, 0.3) is 0 Å². The summed E-state index contributed by atoms with van der Waals surface area (Å²) < 4.78 is 45.9. The summed E-state index contributed by atoms with van der Waals surface area (Å²) in [6.45, 7) is -2.07. The number of hydrogen-bond donors (Lipinski definition) is 14. The molecule has 4 aliphatic heterocycles. The third-order valence-electron chi connectivity index (χ3n) is 14.4. The molecular weight excluding hydrogens is 872 g/mol. The predicted molar refractivity (Wildman–Crippen MR) is 213 cm³/mol. The van der Waals surface area contributed by atoms with Gasteiger partial charge in [-0.1, -0.05) is 6.08 Å². The summed E-state index contributed by atoms with van der Waals surface area (Å²) in [5.74, 6) is -1.72. The monoisotopic (exact) mass is 941 g/mol. The number of fused-ring (bicyclic) bond motifs is 1. The van der Waals surface area contributed by atoms with Gasteiger partial charge in [-0.3, -0.25) is 0 Å². The van der Waals surface area contributed by atoms with E-state index >= 15 is 0 Å². The number of carbonyl (C=O) groups excluding carboxylic acids is 1. The zero-order valence-electron chi connectivity index (χ0n) is 35.8. The van der Waals surface area contributed by atoms with Gasteiger partial charge in [0.25, 0.3) is 0 Å². The molecule has 0 amide bonds. The molecule has 0 radical (unpaired) electrons. The number of hydrogen-bond acceptors (Lipinski definition) is 22. The van der Waals surface area contributed by atoms with Crippen molar-refractivity contribution >= 4 is 5.97 Å². The average molecular weight is 942 g/mol. The smallest absolute Gasteiger partial charge is 0.330 e. The maximum Gasteiger partial charge on any atom is 0.330 e. The van der Waals surface area contributed by atoms with Crippen molar-refractivity contribution in [2.24, 2.45) is 17.8 Å². The van der Waals surface area contributed by atoms with Crippen molar-refractivity contribution in [3.05, 3.63) is 12.2 Å². The first-order valence-corrected chi connectivity index (χ1v) is 22.8. The predicted octanol–water partition coefficient (Wildman–Crippen LogP) is -6.20. The lowest BCUT2D eigenvalue weighted by atomic mass is 9.73. The fourth-order valence-electron chi connectivity index (χ4n) is 10.5. The Labute approximate surface area is 374 Å². The molecule has 3 aliphatic carbocycles.